The van der Waals surface area contributed by atoms with Crippen molar-refractivity contribution in [2.24, 2.45) is 0 Å². The van der Waals surface area contributed by atoms with Gasteiger partial charge >= 0.3 is 12.1 Å². The van der Waals surface area contributed by atoms with Gasteiger partial charge in [-0.15, -0.1) is 0 Å². The fraction of sp³-hybridized carbons (Fsp3) is 0.320. The summed E-state index contributed by atoms with van der Waals surface area (Å²) in [5.74, 6) is -0.647. The average molecular weight is 472 g/mol. The summed E-state index contributed by atoms with van der Waals surface area (Å²) in [6.07, 6.45) is 0.361. The van der Waals surface area contributed by atoms with Crippen LogP contribution < -0.4 is 19.5 Å². The van der Waals surface area contributed by atoms with Gasteiger partial charge < -0.3 is 29.4 Å². The number of carbonyl (C=O) groups excluding carboxylic acids is 2. The Labute approximate surface area is 198 Å². The lowest BCUT2D eigenvalue weighted by atomic mass is 10.1. The molecule has 2 aromatic carbocycles. The largest absolute Gasteiger partial charge is 0.493 e. The van der Waals surface area contributed by atoms with E-state index in [1.807, 2.05) is 0 Å². The second-order valence-electron chi connectivity index (χ2n) is 8.06. The Hall–Kier alpha value is -4.01. The topological polar surface area (TPSA) is 120 Å². The normalized spacial score (nSPS) is 12.0. The third kappa shape index (κ3) is 8.85. The molecule has 9 heteroatoms. The summed E-state index contributed by atoms with van der Waals surface area (Å²) in [6, 6.07) is 13.0. The molecule has 2 aromatic rings. The molecule has 2 rings (SSSR count). The molecule has 0 aromatic heterocycles. The van der Waals surface area contributed by atoms with E-state index in [9.17, 15) is 19.5 Å². The van der Waals surface area contributed by atoms with Gasteiger partial charge in [-0.25, -0.2) is 9.59 Å². The molecular weight excluding hydrogens is 442 g/mol. The number of nitrogens with one attached hydrogen (secondary N) is 1. The van der Waals surface area contributed by atoms with Crippen LogP contribution in [0, 0.1) is 0 Å². The highest BCUT2D eigenvalue weighted by atomic mass is 16.6. The maximum atomic E-state index is 12.6. The minimum absolute atomic E-state index is 0.167. The second kappa shape index (κ2) is 12.3. The van der Waals surface area contributed by atoms with Crippen LogP contribution in [-0.2, 0) is 9.53 Å². The van der Waals surface area contributed by atoms with Crippen molar-refractivity contribution in [3.63, 3.8) is 0 Å². The first-order valence-corrected chi connectivity index (χ1v) is 10.5. The molecule has 0 aliphatic carbocycles. The summed E-state index contributed by atoms with van der Waals surface area (Å²) in [7, 11) is 1.44. The number of para-hydroxylation sites is 2. The number of hydrogen-bond donors (Lipinski definition) is 2. The van der Waals surface area contributed by atoms with E-state index in [-0.39, 0.29) is 18.9 Å². The van der Waals surface area contributed by atoms with Crippen LogP contribution >= 0.6 is 0 Å². The van der Waals surface area contributed by atoms with Crippen LogP contribution in [0.3, 0.4) is 0 Å². The van der Waals surface area contributed by atoms with Crippen molar-refractivity contribution < 1.29 is 38.4 Å². The van der Waals surface area contributed by atoms with Crippen LogP contribution in [0.4, 0.5) is 4.79 Å². The number of benzene rings is 2. The van der Waals surface area contributed by atoms with E-state index in [0.29, 0.717) is 17.1 Å². The molecule has 0 saturated carbocycles. The van der Waals surface area contributed by atoms with Gasteiger partial charge in [0.2, 0.25) is 6.10 Å². The molecule has 2 N–H and O–H groups in total. The van der Waals surface area contributed by atoms with E-state index in [0.717, 1.165) is 12.2 Å². The van der Waals surface area contributed by atoms with E-state index in [4.69, 9.17) is 18.9 Å². The standard InChI is InChI=1S/C25H29NO8/c1-25(2,3)34-24(30)26-14-15-32-18-9-7-8-17(16-18)19(27)12-13-22(23(28)29)33-21-11-6-5-10-20(21)31-4/h5-13,16,22H,14-15H2,1-4H3,(H,26,30)(H,28,29). The van der Waals surface area contributed by atoms with Crippen molar-refractivity contribution in [1.82, 2.24) is 5.32 Å². The molecule has 1 unspecified atom stereocenters. The van der Waals surface area contributed by atoms with Gasteiger partial charge in [-0.05, 0) is 57.2 Å². The highest BCUT2D eigenvalue weighted by Gasteiger charge is 2.19. The van der Waals surface area contributed by atoms with Crippen molar-refractivity contribution in [2.75, 3.05) is 20.3 Å². The second-order valence-corrected chi connectivity index (χ2v) is 8.06. The van der Waals surface area contributed by atoms with Gasteiger partial charge in [-0.3, -0.25) is 4.79 Å². The van der Waals surface area contributed by atoms with E-state index in [1.165, 1.54) is 13.2 Å². The number of allylic oxidation sites excluding steroid dienone is 1. The summed E-state index contributed by atoms with van der Waals surface area (Å²) in [4.78, 5) is 35.8. The molecule has 1 amide bonds. The van der Waals surface area contributed by atoms with Crippen LogP contribution in [0.5, 0.6) is 17.2 Å². The Morgan fingerprint density at radius 1 is 1.06 bits per heavy atom. The van der Waals surface area contributed by atoms with E-state index < -0.39 is 29.6 Å². The number of amides is 1. The predicted octanol–water partition coefficient (Wildman–Crippen LogP) is 3.87. The number of hydrogen-bond acceptors (Lipinski definition) is 7. The predicted molar refractivity (Wildman–Crippen MR) is 125 cm³/mol. The summed E-state index contributed by atoms with van der Waals surface area (Å²) in [5, 5.41) is 12.0. The summed E-state index contributed by atoms with van der Waals surface area (Å²) in [6.45, 7) is 5.68. The van der Waals surface area contributed by atoms with Gasteiger partial charge in [0.15, 0.2) is 17.3 Å². The molecule has 0 radical (unpaired) electrons. The number of alkyl carbamates (subject to hydrolysis) is 1. The fourth-order valence-electron chi connectivity index (χ4n) is 2.67. The van der Waals surface area contributed by atoms with E-state index in [1.54, 1.807) is 63.2 Å². The number of ketones is 1. The van der Waals surface area contributed by atoms with Crippen molar-refractivity contribution in [3.05, 3.63) is 66.2 Å². The van der Waals surface area contributed by atoms with Crippen LogP contribution in [0.15, 0.2) is 60.7 Å². The minimum Gasteiger partial charge on any atom is -0.493 e. The first-order valence-electron chi connectivity index (χ1n) is 10.5. The molecule has 0 aliphatic heterocycles. The zero-order valence-electron chi connectivity index (χ0n) is 19.6. The molecule has 0 aliphatic rings. The quantitative estimate of drug-likeness (QED) is 0.288. The Balaban J connectivity index is 1.95. The third-order valence-corrected chi connectivity index (χ3v) is 4.15. The fourth-order valence-corrected chi connectivity index (χ4v) is 2.67. The molecule has 0 bridgehead atoms. The van der Waals surface area contributed by atoms with Crippen molar-refractivity contribution in [3.8, 4) is 17.2 Å². The molecule has 9 nitrogen and oxygen atoms in total. The maximum Gasteiger partial charge on any atom is 0.407 e. The molecular formula is C25H29NO8. The monoisotopic (exact) mass is 471 g/mol. The number of carbonyl (C=O) groups is 3. The Morgan fingerprint density at radius 2 is 1.76 bits per heavy atom. The third-order valence-electron chi connectivity index (χ3n) is 4.15. The number of methoxy groups -OCH3 is 1. The lowest BCUT2D eigenvalue weighted by Gasteiger charge is -2.19. The summed E-state index contributed by atoms with van der Waals surface area (Å²) >= 11 is 0. The van der Waals surface area contributed by atoms with Gasteiger partial charge in [-0.2, -0.15) is 0 Å². The molecule has 0 heterocycles. The lowest BCUT2D eigenvalue weighted by molar-refractivity contribution is -0.142. The van der Waals surface area contributed by atoms with Crippen molar-refractivity contribution >= 4 is 17.8 Å². The van der Waals surface area contributed by atoms with E-state index in [2.05, 4.69) is 5.32 Å². The molecule has 0 fully saturated rings. The van der Waals surface area contributed by atoms with Crippen LogP contribution in [0.25, 0.3) is 0 Å². The number of carboxylic acids is 1. The number of aliphatic carboxylic acids is 1. The van der Waals surface area contributed by atoms with Crippen molar-refractivity contribution in [1.29, 1.82) is 0 Å². The van der Waals surface area contributed by atoms with Gasteiger partial charge in [0.1, 0.15) is 18.0 Å². The SMILES string of the molecule is COc1ccccc1OC(C=CC(=O)c1cccc(OCCNC(=O)OC(C)(C)C)c1)C(=O)O. The molecule has 34 heavy (non-hydrogen) atoms. The lowest BCUT2D eigenvalue weighted by Crippen LogP contribution is -2.34. The van der Waals surface area contributed by atoms with Gasteiger partial charge in [0, 0.05) is 5.56 Å². The average Bonchev–Trinajstić information content (AvgIpc) is 2.78. The van der Waals surface area contributed by atoms with Crippen LogP contribution in [0.2, 0.25) is 0 Å². The smallest absolute Gasteiger partial charge is 0.407 e. The van der Waals surface area contributed by atoms with Gasteiger partial charge in [-0.1, -0.05) is 24.3 Å². The Bertz CT molecular complexity index is 1030. The van der Waals surface area contributed by atoms with Gasteiger partial charge in [0.05, 0.1) is 13.7 Å². The molecule has 0 saturated heterocycles. The van der Waals surface area contributed by atoms with Crippen LogP contribution in [-0.4, -0.2) is 54.9 Å². The summed E-state index contributed by atoms with van der Waals surface area (Å²) < 4.78 is 21.3. The highest BCUT2D eigenvalue weighted by Crippen LogP contribution is 2.27. The molecule has 1 atom stereocenters. The number of carboxylic acid groups (broad SMARTS) is 1. The zero-order valence-corrected chi connectivity index (χ0v) is 19.6. The first kappa shape index (κ1) is 26.2. The Morgan fingerprint density at radius 3 is 2.41 bits per heavy atom. The van der Waals surface area contributed by atoms with Gasteiger partial charge in [0.25, 0.3) is 0 Å². The Kier molecular flexibility index (Phi) is 9.49. The zero-order chi connectivity index (χ0) is 25.1. The number of ether oxygens (including phenoxy) is 4. The van der Waals surface area contributed by atoms with E-state index >= 15 is 0 Å². The highest BCUT2D eigenvalue weighted by molar-refractivity contribution is 6.05. The minimum atomic E-state index is -1.39. The van der Waals surface area contributed by atoms with Crippen LogP contribution in [0.1, 0.15) is 31.1 Å². The van der Waals surface area contributed by atoms with Crippen molar-refractivity contribution in [2.45, 2.75) is 32.5 Å². The first-order chi connectivity index (χ1) is 16.1. The summed E-state index contributed by atoms with van der Waals surface area (Å²) in [5.41, 5.74) is -0.291. The maximum absolute atomic E-state index is 12.6. The molecule has 182 valence electrons. The molecule has 0 spiro atoms. The number of rotatable bonds is 11.